The van der Waals surface area contributed by atoms with E-state index in [4.69, 9.17) is 4.74 Å². The molecule has 198 valence electrons. The molecule has 3 heterocycles. The third-order valence-corrected chi connectivity index (χ3v) is 6.29. The standard InChI is InChI=1S/C28H28N8O3/c1-18-8-9-20(27(37)33-21-6-4-7-22(15-21)35-12-5-10-31-35)14-24(18)34-26-25-19(2)23(16-36(25)32-17-30-26)28(38)29-11-13-39-3/h4-10,12,14-17H,11,13H2,1-3H3,(H,29,38)(H,33,37)(H,30,32,34). The van der Waals surface area contributed by atoms with Crippen LogP contribution in [0.5, 0.6) is 0 Å². The van der Waals surface area contributed by atoms with E-state index in [1.54, 1.807) is 40.8 Å². The van der Waals surface area contributed by atoms with Crippen LogP contribution in [0.2, 0.25) is 0 Å². The molecule has 11 nitrogen and oxygen atoms in total. The third kappa shape index (κ3) is 5.48. The van der Waals surface area contributed by atoms with E-state index in [1.165, 1.54) is 6.33 Å². The summed E-state index contributed by atoms with van der Waals surface area (Å²) in [6.07, 6.45) is 6.63. The summed E-state index contributed by atoms with van der Waals surface area (Å²) >= 11 is 0. The molecular formula is C28H28N8O3. The van der Waals surface area contributed by atoms with Crippen LogP contribution in [0.25, 0.3) is 11.2 Å². The van der Waals surface area contributed by atoms with E-state index in [0.717, 1.165) is 16.8 Å². The van der Waals surface area contributed by atoms with E-state index in [9.17, 15) is 9.59 Å². The molecule has 0 atom stereocenters. The largest absolute Gasteiger partial charge is 0.383 e. The highest BCUT2D eigenvalue weighted by molar-refractivity contribution is 6.05. The molecule has 0 saturated carbocycles. The van der Waals surface area contributed by atoms with Gasteiger partial charge in [-0.3, -0.25) is 9.59 Å². The molecule has 0 aliphatic carbocycles. The fourth-order valence-electron chi connectivity index (χ4n) is 4.22. The highest BCUT2D eigenvalue weighted by atomic mass is 16.5. The first-order valence-corrected chi connectivity index (χ1v) is 12.3. The number of aromatic nitrogens is 5. The van der Waals surface area contributed by atoms with Crippen LogP contribution >= 0.6 is 0 Å². The minimum absolute atomic E-state index is 0.215. The molecule has 0 spiro atoms. The number of methoxy groups -OCH3 is 1. The lowest BCUT2D eigenvalue weighted by Gasteiger charge is -2.13. The third-order valence-electron chi connectivity index (χ3n) is 6.29. The number of nitrogens with zero attached hydrogens (tertiary/aromatic N) is 5. The minimum atomic E-state index is -0.252. The normalized spacial score (nSPS) is 10.9. The molecule has 5 rings (SSSR count). The Morgan fingerprint density at radius 2 is 1.90 bits per heavy atom. The van der Waals surface area contributed by atoms with Gasteiger partial charge >= 0.3 is 0 Å². The van der Waals surface area contributed by atoms with Gasteiger partial charge in [0.25, 0.3) is 11.8 Å². The van der Waals surface area contributed by atoms with Crippen molar-refractivity contribution in [2.24, 2.45) is 0 Å². The number of aryl methyl sites for hydroxylation is 2. The van der Waals surface area contributed by atoms with Crippen molar-refractivity contribution in [3.63, 3.8) is 0 Å². The number of ether oxygens (including phenoxy) is 1. The molecule has 0 fully saturated rings. The number of carbonyl (C=O) groups is 2. The Morgan fingerprint density at radius 3 is 2.69 bits per heavy atom. The van der Waals surface area contributed by atoms with Gasteiger partial charge in [0, 0.05) is 49.2 Å². The topological polar surface area (TPSA) is 127 Å². The maximum Gasteiger partial charge on any atom is 0.255 e. The first kappa shape index (κ1) is 25.6. The number of amides is 2. The fourth-order valence-corrected chi connectivity index (χ4v) is 4.22. The monoisotopic (exact) mass is 524 g/mol. The fraction of sp³-hybridized carbons (Fsp3) is 0.179. The summed E-state index contributed by atoms with van der Waals surface area (Å²) in [7, 11) is 1.58. The summed E-state index contributed by atoms with van der Waals surface area (Å²) in [5, 5.41) is 17.6. The lowest BCUT2D eigenvalue weighted by Crippen LogP contribution is -2.27. The summed E-state index contributed by atoms with van der Waals surface area (Å²) in [5.74, 6) is 0.0517. The molecule has 3 aromatic heterocycles. The number of benzene rings is 2. The SMILES string of the molecule is COCCNC(=O)c1cn2ncnc(Nc3cc(C(=O)Nc4cccc(-n5cccn5)c4)ccc3C)c2c1C. The molecule has 39 heavy (non-hydrogen) atoms. The van der Waals surface area contributed by atoms with Gasteiger partial charge in [-0.1, -0.05) is 12.1 Å². The van der Waals surface area contributed by atoms with Gasteiger partial charge in [-0.05, 0) is 61.4 Å². The van der Waals surface area contributed by atoms with E-state index in [2.05, 4.69) is 31.1 Å². The van der Waals surface area contributed by atoms with Crippen LogP contribution in [0.3, 0.4) is 0 Å². The van der Waals surface area contributed by atoms with Crippen molar-refractivity contribution in [3.05, 3.63) is 95.7 Å². The van der Waals surface area contributed by atoms with Crippen molar-refractivity contribution >= 4 is 34.5 Å². The van der Waals surface area contributed by atoms with Gasteiger partial charge < -0.3 is 20.7 Å². The molecule has 11 heteroatoms. The average molecular weight is 525 g/mol. The minimum Gasteiger partial charge on any atom is -0.383 e. The molecule has 2 aromatic carbocycles. The van der Waals surface area contributed by atoms with Gasteiger partial charge in [0.1, 0.15) is 11.8 Å². The maximum atomic E-state index is 13.1. The second-order valence-corrected chi connectivity index (χ2v) is 8.93. The van der Waals surface area contributed by atoms with Crippen LogP contribution in [0.1, 0.15) is 31.8 Å². The van der Waals surface area contributed by atoms with Gasteiger partial charge in [0.15, 0.2) is 5.82 Å². The summed E-state index contributed by atoms with van der Waals surface area (Å²) in [4.78, 5) is 30.3. The Bertz CT molecular complexity index is 1640. The van der Waals surface area contributed by atoms with Gasteiger partial charge in [-0.2, -0.15) is 10.2 Å². The highest BCUT2D eigenvalue weighted by Crippen LogP contribution is 2.28. The first-order chi connectivity index (χ1) is 18.9. The van der Waals surface area contributed by atoms with E-state index in [-0.39, 0.29) is 11.8 Å². The number of hydrogen-bond acceptors (Lipinski definition) is 7. The van der Waals surface area contributed by atoms with Gasteiger partial charge in [-0.15, -0.1) is 0 Å². The lowest BCUT2D eigenvalue weighted by molar-refractivity contribution is 0.0936. The molecule has 0 radical (unpaired) electrons. The van der Waals surface area contributed by atoms with Crippen LogP contribution in [-0.4, -0.2) is 56.5 Å². The van der Waals surface area contributed by atoms with E-state index >= 15 is 0 Å². The zero-order valence-corrected chi connectivity index (χ0v) is 21.8. The van der Waals surface area contributed by atoms with Gasteiger partial charge in [0.2, 0.25) is 0 Å². The van der Waals surface area contributed by atoms with Crippen molar-refractivity contribution in [2.75, 3.05) is 30.9 Å². The number of anilines is 3. The van der Waals surface area contributed by atoms with Crippen molar-refractivity contribution in [2.45, 2.75) is 13.8 Å². The smallest absolute Gasteiger partial charge is 0.255 e. The Labute approximate surface area is 224 Å². The van der Waals surface area contributed by atoms with Crippen molar-refractivity contribution in [1.82, 2.24) is 29.7 Å². The van der Waals surface area contributed by atoms with Crippen molar-refractivity contribution in [1.29, 1.82) is 0 Å². The Morgan fingerprint density at radius 1 is 1.03 bits per heavy atom. The van der Waals surface area contributed by atoms with Crippen LogP contribution in [0, 0.1) is 13.8 Å². The first-order valence-electron chi connectivity index (χ1n) is 12.3. The number of hydrogen-bond donors (Lipinski definition) is 3. The number of rotatable bonds is 9. The molecule has 3 N–H and O–H groups in total. The highest BCUT2D eigenvalue weighted by Gasteiger charge is 2.18. The zero-order valence-electron chi connectivity index (χ0n) is 21.8. The summed E-state index contributed by atoms with van der Waals surface area (Å²) in [5.41, 5.74) is 5.49. The second kappa shape index (κ2) is 11.2. The molecular weight excluding hydrogens is 496 g/mol. The quantitative estimate of drug-likeness (QED) is 0.250. The average Bonchev–Trinajstić information content (AvgIpc) is 3.59. The Hall–Kier alpha value is -5.03. The van der Waals surface area contributed by atoms with Gasteiger partial charge in [0.05, 0.1) is 17.9 Å². The lowest BCUT2D eigenvalue weighted by atomic mass is 10.1. The summed E-state index contributed by atoms with van der Waals surface area (Å²) < 4.78 is 8.36. The van der Waals surface area contributed by atoms with Crippen molar-refractivity contribution < 1.29 is 14.3 Å². The second-order valence-electron chi connectivity index (χ2n) is 8.93. The van der Waals surface area contributed by atoms with E-state index < -0.39 is 0 Å². The van der Waals surface area contributed by atoms with E-state index in [1.807, 2.05) is 56.4 Å². The predicted molar refractivity (Wildman–Crippen MR) is 148 cm³/mol. The molecule has 2 amide bonds. The number of nitrogens with one attached hydrogen (secondary N) is 3. The zero-order chi connectivity index (χ0) is 27.4. The van der Waals surface area contributed by atoms with Crippen LogP contribution in [0.15, 0.2) is 73.4 Å². The molecule has 0 unspecified atom stereocenters. The molecule has 0 aliphatic rings. The molecule has 0 bridgehead atoms. The summed E-state index contributed by atoms with van der Waals surface area (Å²) in [6, 6.07) is 14.7. The molecule has 0 aliphatic heterocycles. The van der Waals surface area contributed by atoms with Crippen molar-refractivity contribution in [3.8, 4) is 5.69 Å². The Kier molecular flexibility index (Phi) is 7.32. The molecule has 5 aromatic rings. The molecule has 0 saturated heterocycles. The van der Waals surface area contributed by atoms with E-state index in [0.29, 0.717) is 47.0 Å². The Balaban J connectivity index is 1.38. The number of carbonyl (C=O) groups excluding carboxylic acids is 2. The van der Waals surface area contributed by atoms with Gasteiger partial charge in [-0.25, -0.2) is 14.2 Å². The predicted octanol–water partition coefficient (Wildman–Crippen LogP) is 3.90. The maximum absolute atomic E-state index is 13.1. The van der Waals surface area contributed by atoms with Crippen LogP contribution in [0.4, 0.5) is 17.2 Å². The van der Waals surface area contributed by atoms with Crippen LogP contribution < -0.4 is 16.0 Å². The number of fused-ring (bicyclic) bond motifs is 1. The van der Waals surface area contributed by atoms with Crippen LogP contribution in [-0.2, 0) is 4.74 Å². The summed E-state index contributed by atoms with van der Waals surface area (Å²) in [6.45, 7) is 4.61.